The lowest BCUT2D eigenvalue weighted by Crippen LogP contribution is -2.56. The molecule has 2 amide bonds. The number of hydrogen-bond donors (Lipinski definition) is 2. The Morgan fingerprint density at radius 3 is 2.44 bits per heavy atom. The Bertz CT molecular complexity index is 840. The van der Waals surface area contributed by atoms with Crippen molar-refractivity contribution < 1.29 is 23.8 Å². The smallest absolute Gasteiger partial charge is 0.414 e. The maximum Gasteiger partial charge on any atom is 0.414 e. The molecule has 220 valence electrons. The van der Waals surface area contributed by atoms with Crippen molar-refractivity contribution >= 4 is 18.0 Å². The third-order valence-electron chi connectivity index (χ3n) is 7.72. The summed E-state index contributed by atoms with van der Waals surface area (Å²) in [5, 5.41) is 15.9. The molecule has 1 atom stereocenters. The van der Waals surface area contributed by atoms with E-state index in [9.17, 15) is 14.9 Å². The van der Waals surface area contributed by atoms with E-state index in [2.05, 4.69) is 35.5 Å². The predicted octanol–water partition coefficient (Wildman–Crippen LogP) is 2.52. The number of rotatable bonds is 10. The first-order valence-corrected chi connectivity index (χ1v) is 14.6. The van der Waals surface area contributed by atoms with Crippen LogP contribution >= 0.6 is 0 Å². The quantitative estimate of drug-likeness (QED) is 0.242. The minimum absolute atomic E-state index is 0.125. The Labute approximate surface area is 233 Å². The summed E-state index contributed by atoms with van der Waals surface area (Å²) in [6, 6.07) is 1.66. The fourth-order valence-electron chi connectivity index (χ4n) is 5.30. The molecule has 0 aromatic carbocycles. The van der Waals surface area contributed by atoms with Crippen molar-refractivity contribution in [1.29, 1.82) is 5.26 Å². The second-order valence-electron chi connectivity index (χ2n) is 11.5. The number of hydrogen-bond acceptors (Lipinski definition) is 8. The van der Waals surface area contributed by atoms with Gasteiger partial charge in [-0.2, -0.15) is 5.26 Å². The van der Waals surface area contributed by atoms with E-state index in [0.29, 0.717) is 76.6 Å². The number of carbonyl (C=O) groups excluding carboxylic acids is 2. The number of ether oxygens (including phenoxy) is 3. The molecule has 0 bridgehead atoms. The van der Waals surface area contributed by atoms with E-state index in [4.69, 9.17) is 19.2 Å². The van der Waals surface area contributed by atoms with E-state index in [1.54, 1.807) is 0 Å². The summed E-state index contributed by atoms with van der Waals surface area (Å²) >= 11 is 0. The van der Waals surface area contributed by atoms with Crippen molar-refractivity contribution in [3.05, 3.63) is 0 Å². The predicted molar refractivity (Wildman–Crippen MR) is 148 cm³/mol. The van der Waals surface area contributed by atoms with E-state index in [0.717, 1.165) is 38.8 Å². The summed E-state index contributed by atoms with van der Waals surface area (Å²) in [6.07, 6.45) is 6.74. The van der Waals surface area contributed by atoms with Crippen molar-refractivity contribution in [2.45, 2.75) is 76.8 Å². The Kier molecular flexibility index (Phi) is 12.8. The number of morpholine rings is 1. The van der Waals surface area contributed by atoms with Crippen LogP contribution in [0, 0.1) is 23.2 Å². The van der Waals surface area contributed by atoms with Crippen LogP contribution in [0.3, 0.4) is 0 Å². The zero-order valence-corrected chi connectivity index (χ0v) is 24.1. The van der Waals surface area contributed by atoms with Crippen molar-refractivity contribution in [3.8, 4) is 6.07 Å². The normalized spacial score (nSPS) is 21.7. The van der Waals surface area contributed by atoms with Crippen LogP contribution in [-0.4, -0.2) is 106 Å². The van der Waals surface area contributed by atoms with E-state index in [1.807, 2.05) is 11.9 Å². The van der Waals surface area contributed by atoms with Gasteiger partial charge in [0.15, 0.2) is 0 Å². The molecule has 3 fully saturated rings. The van der Waals surface area contributed by atoms with Gasteiger partial charge in [0.05, 0.1) is 25.9 Å². The van der Waals surface area contributed by atoms with E-state index in [-0.39, 0.29) is 12.5 Å². The van der Waals surface area contributed by atoms with Gasteiger partial charge in [-0.25, -0.2) is 9.79 Å². The summed E-state index contributed by atoms with van der Waals surface area (Å²) in [7, 11) is 2.02. The summed E-state index contributed by atoms with van der Waals surface area (Å²) in [5.41, 5.74) is -0.897. The van der Waals surface area contributed by atoms with Crippen molar-refractivity contribution in [3.63, 3.8) is 0 Å². The molecule has 0 radical (unpaired) electrons. The fourth-order valence-corrected chi connectivity index (χ4v) is 5.30. The SMILES string of the molecule is CC(C)COCCOC(=O)NC(=NC(CC1CCCCC1)C(=O)NC1(C#N)CCN(C)CC1)N1CCOCC1. The van der Waals surface area contributed by atoms with Gasteiger partial charge in [-0.1, -0.05) is 46.0 Å². The molecule has 2 saturated heterocycles. The second kappa shape index (κ2) is 16.0. The van der Waals surface area contributed by atoms with Gasteiger partial charge < -0.3 is 29.3 Å². The lowest BCUT2D eigenvalue weighted by atomic mass is 9.84. The van der Waals surface area contributed by atoms with Crippen LogP contribution in [0.2, 0.25) is 0 Å². The lowest BCUT2D eigenvalue weighted by Gasteiger charge is -2.37. The third-order valence-corrected chi connectivity index (χ3v) is 7.72. The highest BCUT2D eigenvalue weighted by Crippen LogP contribution is 2.29. The number of carbonyl (C=O) groups is 2. The molecule has 11 heteroatoms. The van der Waals surface area contributed by atoms with Gasteiger partial charge in [-0.15, -0.1) is 0 Å². The van der Waals surface area contributed by atoms with Crippen molar-refractivity contribution in [2.24, 2.45) is 16.8 Å². The molecular weight excluding hydrogens is 500 g/mol. The Hall–Kier alpha value is -2.42. The van der Waals surface area contributed by atoms with Gasteiger partial charge in [0.25, 0.3) is 0 Å². The topological polar surface area (TPSA) is 129 Å². The first-order valence-electron chi connectivity index (χ1n) is 14.6. The van der Waals surface area contributed by atoms with Gasteiger partial charge in [-0.3, -0.25) is 10.1 Å². The summed E-state index contributed by atoms with van der Waals surface area (Å²) in [5.74, 6) is 0.844. The number of nitriles is 1. The average Bonchev–Trinajstić information content (AvgIpc) is 2.94. The molecule has 1 unspecified atom stereocenters. The van der Waals surface area contributed by atoms with Gasteiger partial charge in [-0.05, 0) is 38.1 Å². The van der Waals surface area contributed by atoms with E-state index in [1.165, 1.54) is 6.42 Å². The maximum absolute atomic E-state index is 13.7. The van der Waals surface area contributed by atoms with Crippen molar-refractivity contribution in [1.82, 2.24) is 20.4 Å². The number of amides is 2. The van der Waals surface area contributed by atoms with Crippen LogP contribution in [0.1, 0.15) is 65.2 Å². The fraction of sp³-hybridized carbons (Fsp3) is 0.857. The largest absolute Gasteiger partial charge is 0.447 e. The van der Waals surface area contributed by atoms with E-state index >= 15 is 0 Å². The molecule has 3 rings (SSSR count). The number of nitrogens with zero attached hydrogens (tertiary/aromatic N) is 4. The second-order valence-corrected chi connectivity index (χ2v) is 11.5. The van der Waals surface area contributed by atoms with Crippen LogP contribution in [0.5, 0.6) is 0 Å². The summed E-state index contributed by atoms with van der Waals surface area (Å²) < 4.78 is 16.3. The van der Waals surface area contributed by atoms with E-state index < -0.39 is 17.7 Å². The molecule has 1 saturated carbocycles. The molecule has 2 N–H and O–H groups in total. The number of alkyl carbamates (subject to hydrolysis) is 1. The molecule has 3 aliphatic rings. The maximum atomic E-state index is 13.7. The molecule has 2 heterocycles. The third kappa shape index (κ3) is 10.6. The van der Waals surface area contributed by atoms with Crippen LogP contribution in [0.4, 0.5) is 4.79 Å². The zero-order chi connectivity index (χ0) is 28.1. The van der Waals surface area contributed by atoms with Crippen LogP contribution in [0.25, 0.3) is 0 Å². The molecule has 11 nitrogen and oxygen atoms in total. The minimum Gasteiger partial charge on any atom is -0.447 e. The highest BCUT2D eigenvalue weighted by molar-refractivity contribution is 5.96. The number of likely N-dealkylation sites (tertiary alicyclic amines) is 1. The van der Waals surface area contributed by atoms with Crippen LogP contribution in [0.15, 0.2) is 4.99 Å². The number of piperidine rings is 1. The van der Waals surface area contributed by atoms with Crippen LogP contribution in [-0.2, 0) is 19.0 Å². The Morgan fingerprint density at radius 2 is 1.79 bits per heavy atom. The highest BCUT2D eigenvalue weighted by atomic mass is 16.6. The van der Waals surface area contributed by atoms with Gasteiger partial charge >= 0.3 is 6.09 Å². The monoisotopic (exact) mass is 548 g/mol. The van der Waals surface area contributed by atoms with Gasteiger partial charge in [0.2, 0.25) is 11.9 Å². The molecule has 39 heavy (non-hydrogen) atoms. The highest BCUT2D eigenvalue weighted by Gasteiger charge is 2.38. The number of nitrogens with one attached hydrogen (secondary N) is 2. The zero-order valence-electron chi connectivity index (χ0n) is 24.1. The molecule has 0 aromatic heterocycles. The number of guanidine groups is 1. The minimum atomic E-state index is -0.897. The Balaban J connectivity index is 1.75. The van der Waals surface area contributed by atoms with Crippen LogP contribution < -0.4 is 10.6 Å². The molecule has 1 aliphatic carbocycles. The number of aliphatic imine (C=N–C) groups is 1. The molecule has 0 spiro atoms. The first-order chi connectivity index (χ1) is 18.8. The molecular formula is C28H48N6O5. The molecule has 2 aliphatic heterocycles. The Morgan fingerprint density at radius 1 is 1.10 bits per heavy atom. The summed E-state index contributed by atoms with van der Waals surface area (Å²) in [6.45, 7) is 8.75. The first kappa shape index (κ1) is 31.1. The molecule has 0 aromatic rings. The van der Waals surface area contributed by atoms with Gasteiger partial charge in [0.1, 0.15) is 18.2 Å². The standard InChI is InChI=1S/C28H48N6O5/c1-22(2)20-38-17-18-39-27(36)31-26(34-13-15-37-16-14-34)30-24(19-23-7-5-4-6-8-23)25(35)32-28(21-29)9-11-33(3)12-10-28/h22-24H,4-20H2,1-3H3,(H,32,35)(H,30,31,36). The van der Waals surface area contributed by atoms with Gasteiger partial charge in [0, 0.05) is 32.8 Å². The van der Waals surface area contributed by atoms with Crippen molar-refractivity contribution in [2.75, 3.05) is 66.3 Å². The average molecular weight is 549 g/mol. The lowest BCUT2D eigenvalue weighted by molar-refractivity contribution is -0.124. The summed E-state index contributed by atoms with van der Waals surface area (Å²) in [4.78, 5) is 35.4.